The standard InChI is InChI=1S/C18H20N2O5/c1-11-6-5-7-12(2)17(11)25-13(3)18(21)19-15-9-8-14(20(22)23)10-16(15)24-4/h5-10,13H,1-4H3,(H,19,21). The molecule has 1 N–H and O–H groups in total. The number of carbonyl (C=O) groups excluding carboxylic acids is 1. The lowest BCUT2D eigenvalue weighted by Gasteiger charge is -2.18. The second kappa shape index (κ2) is 7.65. The molecule has 1 atom stereocenters. The van der Waals surface area contributed by atoms with Crippen molar-refractivity contribution in [1.29, 1.82) is 0 Å². The monoisotopic (exact) mass is 344 g/mol. The number of methoxy groups -OCH3 is 1. The number of rotatable bonds is 6. The van der Waals surface area contributed by atoms with Crippen molar-refractivity contribution in [3.05, 3.63) is 57.6 Å². The van der Waals surface area contributed by atoms with Gasteiger partial charge in [0.25, 0.3) is 11.6 Å². The average Bonchev–Trinajstić information content (AvgIpc) is 2.58. The van der Waals surface area contributed by atoms with Crippen LogP contribution >= 0.6 is 0 Å². The molecule has 0 saturated heterocycles. The Bertz CT molecular complexity index is 784. The summed E-state index contributed by atoms with van der Waals surface area (Å²) in [6, 6.07) is 9.73. The van der Waals surface area contributed by atoms with Gasteiger partial charge < -0.3 is 14.8 Å². The maximum atomic E-state index is 12.4. The quantitative estimate of drug-likeness (QED) is 0.638. The molecule has 1 amide bonds. The van der Waals surface area contributed by atoms with Crippen LogP contribution in [0.3, 0.4) is 0 Å². The molecule has 0 fully saturated rings. The van der Waals surface area contributed by atoms with Gasteiger partial charge in [0.1, 0.15) is 11.5 Å². The van der Waals surface area contributed by atoms with E-state index in [4.69, 9.17) is 9.47 Å². The van der Waals surface area contributed by atoms with Gasteiger partial charge in [0.15, 0.2) is 6.10 Å². The number of ether oxygens (including phenoxy) is 2. The molecule has 0 heterocycles. The predicted molar refractivity (Wildman–Crippen MR) is 94.3 cm³/mol. The maximum absolute atomic E-state index is 12.4. The summed E-state index contributed by atoms with van der Waals surface area (Å²) in [5.41, 5.74) is 2.10. The molecule has 7 nitrogen and oxygen atoms in total. The summed E-state index contributed by atoms with van der Waals surface area (Å²) in [7, 11) is 1.38. The summed E-state index contributed by atoms with van der Waals surface area (Å²) in [6.07, 6.45) is -0.750. The summed E-state index contributed by atoms with van der Waals surface area (Å²) in [4.78, 5) is 22.7. The van der Waals surface area contributed by atoms with Crippen molar-refractivity contribution in [3.63, 3.8) is 0 Å². The summed E-state index contributed by atoms with van der Waals surface area (Å²) in [6.45, 7) is 5.46. The van der Waals surface area contributed by atoms with Gasteiger partial charge in [0.2, 0.25) is 0 Å². The molecular weight excluding hydrogens is 324 g/mol. The minimum atomic E-state index is -0.750. The highest BCUT2D eigenvalue weighted by atomic mass is 16.6. The number of benzene rings is 2. The molecule has 0 aliphatic heterocycles. The number of para-hydroxylation sites is 1. The number of nitrogens with zero attached hydrogens (tertiary/aromatic N) is 1. The van der Waals surface area contributed by atoms with E-state index in [1.54, 1.807) is 6.92 Å². The molecule has 0 bridgehead atoms. The third kappa shape index (κ3) is 4.26. The smallest absolute Gasteiger partial charge is 0.273 e. The van der Waals surface area contributed by atoms with Crippen molar-refractivity contribution in [3.8, 4) is 11.5 Å². The second-order valence-corrected chi connectivity index (χ2v) is 5.61. The zero-order chi connectivity index (χ0) is 18.6. The number of nitrogens with one attached hydrogen (secondary N) is 1. The highest BCUT2D eigenvalue weighted by Gasteiger charge is 2.19. The van der Waals surface area contributed by atoms with Gasteiger partial charge in [-0.15, -0.1) is 0 Å². The summed E-state index contributed by atoms with van der Waals surface area (Å²) < 4.78 is 10.9. The molecule has 25 heavy (non-hydrogen) atoms. The first kappa shape index (κ1) is 18.3. The third-order valence-electron chi connectivity index (χ3n) is 3.73. The van der Waals surface area contributed by atoms with Crippen LogP contribution in [-0.4, -0.2) is 24.0 Å². The van der Waals surface area contributed by atoms with Crippen LogP contribution in [0, 0.1) is 24.0 Å². The molecule has 2 rings (SSSR count). The van der Waals surface area contributed by atoms with E-state index in [0.717, 1.165) is 11.1 Å². The van der Waals surface area contributed by atoms with Crippen molar-refractivity contribution in [2.75, 3.05) is 12.4 Å². The molecule has 2 aromatic rings. The van der Waals surface area contributed by atoms with Gasteiger partial charge in [-0.2, -0.15) is 0 Å². The largest absolute Gasteiger partial charge is 0.494 e. The van der Waals surface area contributed by atoms with Crippen LogP contribution in [0.1, 0.15) is 18.1 Å². The number of nitro groups is 1. The van der Waals surface area contributed by atoms with Gasteiger partial charge in [0, 0.05) is 6.07 Å². The fourth-order valence-corrected chi connectivity index (χ4v) is 2.35. The van der Waals surface area contributed by atoms with E-state index in [0.29, 0.717) is 11.4 Å². The predicted octanol–water partition coefficient (Wildman–Crippen LogP) is 3.63. The first-order valence-electron chi connectivity index (χ1n) is 7.69. The van der Waals surface area contributed by atoms with E-state index in [1.807, 2.05) is 32.0 Å². The highest BCUT2D eigenvalue weighted by Crippen LogP contribution is 2.29. The van der Waals surface area contributed by atoms with Crippen LogP contribution in [0.2, 0.25) is 0 Å². The Hall–Kier alpha value is -3.09. The lowest BCUT2D eigenvalue weighted by Crippen LogP contribution is -2.30. The lowest BCUT2D eigenvalue weighted by molar-refractivity contribution is -0.384. The van der Waals surface area contributed by atoms with Crippen LogP contribution < -0.4 is 14.8 Å². The molecule has 7 heteroatoms. The molecule has 132 valence electrons. The van der Waals surface area contributed by atoms with Crippen LogP contribution in [0.25, 0.3) is 0 Å². The number of hydrogen-bond acceptors (Lipinski definition) is 5. The average molecular weight is 344 g/mol. The Labute approximate surface area is 145 Å². The van der Waals surface area contributed by atoms with Crippen molar-refractivity contribution in [1.82, 2.24) is 0 Å². The first-order chi connectivity index (χ1) is 11.8. The lowest BCUT2D eigenvalue weighted by atomic mass is 10.1. The van der Waals surface area contributed by atoms with Crippen molar-refractivity contribution in [2.45, 2.75) is 26.9 Å². The first-order valence-corrected chi connectivity index (χ1v) is 7.69. The van der Waals surface area contributed by atoms with Crippen LogP contribution in [0.5, 0.6) is 11.5 Å². The fraction of sp³-hybridized carbons (Fsp3) is 0.278. The Morgan fingerprint density at radius 2 is 1.84 bits per heavy atom. The van der Waals surface area contributed by atoms with Crippen molar-refractivity contribution in [2.24, 2.45) is 0 Å². The number of amides is 1. The Kier molecular flexibility index (Phi) is 5.59. The van der Waals surface area contributed by atoms with Crippen LogP contribution in [-0.2, 0) is 4.79 Å². The fourth-order valence-electron chi connectivity index (χ4n) is 2.35. The highest BCUT2D eigenvalue weighted by molar-refractivity contribution is 5.95. The van der Waals surface area contributed by atoms with Gasteiger partial charge in [-0.3, -0.25) is 14.9 Å². The SMILES string of the molecule is COc1cc([N+](=O)[O-])ccc1NC(=O)C(C)Oc1c(C)cccc1C. The zero-order valence-electron chi connectivity index (χ0n) is 14.5. The Morgan fingerprint density at radius 1 is 1.20 bits per heavy atom. The van der Waals surface area contributed by atoms with Gasteiger partial charge in [0.05, 0.1) is 23.8 Å². The molecule has 0 aliphatic rings. The van der Waals surface area contributed by atoms with E-state index in [1.165, 1.54) is 25.3 Å². The van der Waals surface area contributed by atoms with E-state index in [9.17, 15) is 14.9 Å². The van der Waals surface area contributed by atoms with Gasteiger partial charge in [-0.1, -0.05) is 18.2 Å². The van der Waals surface area contributed by atoms with Crippen LogP contribution in [0.15, 0.2) is 36.4 Å². The maximum Gasteiger partial charge on any atom is 0.273 e. The third-order valence-corrected chi connectivity index (χ3v) is 3.73. The molecule has 2 aromatic carbocycles. The Balaban J connectivity index is 2.15. The molecule has 0 spiro atoms. The second-order valence-electron chi connectivity index (χ2n) is 5.61. The summed E-state index contributed by atoms with van der Waals surface area (Å²) >= 11 is 0. The molecule has 0 aliphatic carbocycles. The normalized spacial score (nSPS) is 11.5. The zero-order valence-corrected chi connectivity index (χ0v) is 14.5. The van der Waals surface area contributed by atoms with Crippen molar-refractivity contribution < 1.29 is 19.2 Å². The molecule has 0 saturated carbocycles. The van der Waals surface area contributed by atoms with Crippen LogP contribution in [0.4, 0.5) is 11.4 Å². The van der Waals surface area contributed by atoms with E-state index in [-0.39, 0.29) is 17.3 Å². The van der Waals surface area contributed by atoms with Gasteiger partial charge >= 0.3 is 0 Å². The number of anilines is 1. The van der Waals surface area contributed by atoms with E-state index in [2.05, 4.69) is 5.32 Å². The number of aryl methyl sites for hydroxylation is 2. The topological polar surface area (TPSA) is 90.7 Å². The van der Waals surface area contributed by atoms with Crippen molar-refractivity contribution >= 4 is 17.3 Å². The number of hydrogen-bond donors (Lipinski definition) is 1. The minimum Gasteiger partial charge on any atom is -0.494 e. The van der Waals surface area contributed by atoms with E-state index >= 15 is 0 Å². The number of non-ortho nitro benzene ring substituents is 1. The molecule has 0 aromatic heterocycles. The Morgan fingerprint density at radius 3 is 2.40 bits per heavy atom. The number of nitro benzene ring substituents is 1. The van der Waals surface area contributed by atoms with Gasteiger partial charge in [-0.25, -0.2) is 0 Å². The summed E-state index contributed by atoms with van der Waals surface area (Å²) in [5, 5.41) is 13.5. The van der Waals surface area contributed by atoms with E-state index < -0.39 is 11.0 Å². The molecule has 1 unspecified atom stereocenters. The molecule has 0 radical (unpaired) electrons. The summed E-state index contributed by atoms with van der Waals surface area (Å²) in [5.74, 6) is 0.498. The number of carbonyl (C=O) groups is 1. The molecular formula is C18H20N2O5. The van der Waals surface area contributed by atoms with Gasteiger partial charge in [-0.05, 0) is 38.0 Å². The minimum absolute atomic E-state index is 0.116.